The minimum absolute atomic E-state index is 0.0207. The van der Waals surface area contributed by atoms with E-state index in [4.69, 9.17) is 0 Å². The lowest BCUT2D eigenvalue weighted by atomic mass is 10.3. The number of methoxy groups -OCH3 is 1. The Bertz CT molecular complexity index is 346. The van der Waals surface area contributed by atoms with Crippen LogP contribution in [0, 0.1) is 0 Å². The van der Waals surface area contributed by atoms with Crippen LogP contribution < -0.4 is 5.32 Å². The summed E-state index contributed by atoms with van der Waals surface area (Å²) in [7, 11) is 3.02. The molecule has 0 unspecified atom stereocenters. The number of ether oxygens (including phenoxy) is 1. The van der Waals surface area contributed by atoms with Gasteiger partial charge in [-0.3, -0.25) is 4.79 Å². The molecule has 1 aromatic rings. The molecule has 0 bridgehead atoms. The molecular formula is C9H11NO3S. The Hall–Kier alpha value is -1.20. The fraction of sp³-hybridized carbons (Fsp3) is 0.333. The molecule has 0 aliphatic carbocycles. The summed E-state index contributed by atoms with van der Waals surface area (Å²) < 4.78 is 4.53. The van der Waals surface area contributed by atoms with E-state index in [1.54, 1.807) is 19.2 Å². The van der Waals surface area contributed by atoms with Crippen molar-refractivity contribution >= 4 is 23.1 Å². The van der Waals surface area contributed by atoms with Gasteiger partial charge in [0.15, 0.2) is 5.78 Å². The first kappa shape index (κ1) is 10.9. The van der Waals surface area contributed by atoms with E-state index in [9.17, 15) is 9.59 Å². The summed E-state index contributed by atoms with van der Waals surface area (Å²) in [5.41, 5.74) is 0. The number of Topliss-reactive ketones (excluding diaryl/α,β-unsaturated/α-hetero) is 1. The number of likely N-dealkylation sites (N-methyl/N-ethyl adjacent to an activating group) is 1. The standard InChI is InChI=1S/C9H11NO3S/c1-10-5-6(11)7-3-4-8(14-7)9(12)13-2/h3-4,10H,5H2,1-2H3. The minimum Gasteiger partial charge on any atom is -0.465 e. The zero-order chi connectivity index (χ0) is 10.6. The van der Waals surface area contributed by atoms with Crippen LogP contribution in [0.4, 0.5) is 0 Å². The molecule has 1 rings (SSSR count). The number of carbonyl (C=O) groups is 2. The van der Waals surface area contributed by atoms with Gasteiger partial charge in [-0.05, 0) is 19.2 Å². The second-order valence-corrected chi connectivity index (χ2v) is 3.69. The Morgan fingerprint density at radius 2 is 2.07 bits per heavy atom. The van der Waals surface area contributed by atoms with Crippen molar-refractivity contribution in [2.24, 2.45) is 0 Å². The fourth-order valence-corrected chi connectivity index (χ4v) is 1.81. The van der Waals surface area contributed by atoms with Gasteiger partial charge in [-0.2, -0.15) is 0 Å². The van der Waals surface area contributed by atoms with E-state index in [0.717, 1.165) is 11.3 Å². The number of hydrogen-bond acceptors (Lipinski definition) is 5. The topological polar surface area (TPSA) is 55.4 Å². The van der Waals surface area contributed by atoms with Crippen molar-refractivity contribution in [2.75, 3.05) is 20.7 Å². The molecule has 5 heteroatoms. The highest BCUT2D eigenvalue weighted by molar-refractivity contribution is 7.15. The molecule has 0 fully saturated rings. The largest absolute Gasteiger partial charge is 0.465 e. The van der Waals surface area contributed by atoms with Gasteiger partial charge in [0.25, 0.3) is 0 Å². The average molecular weight is 213 g/mol. The zero-order valence-electron chi connectivity index (χ0n) is 7.99. The molecule has 0 atom stereocenters. The highest BCUT2D eigenvalue weighted by Gasteiger charge is 2.12. The van der Waals surface area contributed by atoms with Crippen LogP contribution >= 0.6 is 11.3 Å². The molecule has 0 aliphatic rings. The van der Waals surface area contributed by atoms with E-state index < -0.39 is 5.97 Å². The number of carbonyl (C=O) groups excluding carboxylic acids is 2. The van der Waals surface area contributed by atoms with Crippen LogP contribution in [0.3, 0.4) is 0 Å². The Balaban J connectivity index is 2.77. The lowest BCUT2D eigenvalue weighted by Crippen LogP contribution is -2.17. The van der Waals surface area contributed by atoms with Crippen molar-refractivity contribution in [2.45, 2.75) is 0 Å². The second kappa shape index (κ2) is 4.88. The summed E-state index contributed by atoms with van der Waals surface area (Å²) in [6.45, 7) is 0.279. The molecule has 0 saturated carbocycles. The van der Waals surface area contributed by atoms with E-state index in [2.05, 4.69) is 10.1 Å². The van der Waals surface area contributed by atoms with E-state index in [1.807, 2.05) is 0 Å². The van der Waals surface area contributed by atoms with Crippen molar-refractivity contribution in [3.8, 4) is 0 Å². The molecule has 1 aromatic heterocycles. The summed E-state index contributed by atoms with van der Waals surface area (Å²) in [5.74, 6) is -0.425. The summed E-state index contributed by atoms with van der Waals surface area (Å²) >= 11 is 1.15. The van der Waals surface area contributed by atoms with Crippen LogP contribution in [0.5, 0.6) is 0 Å². The highest BCUT2D eigenvalue weighted by atomic mass is 32.1. The number of rotatable bonds is 4. The maximum Gasteiger partial charge on any atom is 0.348 e. The van der Waals surface area contributed by atoms with Crippen molar-refractivity contribution in [1.29, 1.82) is 0 Å². The first-order chi connectivity index (χ1) is 6.69. The highest BCUT2D eigenvalue weighted by Crippen LogP contribution is 2.17. The van der Waals surface area contributed by atoms with Gasteiger partial charge in [0, 0.05) is 0 Å². The van der Waals surface area contributed by atoms with Gasteiger partial charge in [0.05, 0.1) is 18.5 Å². The Morgan fingerprint density at radius 3 is 2.64 bits per heavy atom. The molecular weight excluding hydrogens is 202 g/mol. The molecule has 1 heterocycles. The molecule has 0 aliphatic heterocycles. The number of ketones is 1. The normalized spacial score (nSPS) is 9.86. The zero-order valence-corrected chi connectivity index (χ0v) is 8.81. The van der Waals surface area contributed by atoms with Gasteiger partial charge in [0.1, 0.15) is 4.88 Å². The Morgan fingerprint density at radius 1 is 1.43 bits per heavy atom. The van der Waals surface area contributed by atoms with Crippen molar-refractivity contribution in [1.82, 2.24) is 5.32 Å². The molecule has 14 heavy (non-hydrogen) atoms. The lowest BCUT2D eigenvalue weighted by Gasteiger charge is -1.94. The van der Waals surface area contributed by atoms with Crippen LogP contribution in [0.1, 0.15) is 19.3 Å². The van der Waals surface area contributed by atoms with Crippen molar-refractivity contribution in [3.05, 3.63) is 21.9 Å². The first-order valence-electron chi connectivity index (χ1n) is 4.05. The summed E-state index contributed by atoms with van der Waals surface area (Å²) in [6, 6.07) is 3.23. The number of hydrogen-bond donors (Lipinski definition) is 1. The Labute approximate surface area is 85.9 Å². The Kier molecular flexibility index (Phi) is 3.79. The molecule has 0 amide bonds. The number of esters is 1. The molecule has 0 aromatic carbocycles. The van der Waals surface area contributed by atoms with Gasteiger partial charge in [-0.15, -0.1) is 11.3 Å². The van der Waals surface area contributed by atoms with Gasteiger partial charge >= 0.3 is 5.97 Å². The summed E-state index contributed by atoms with van der Waals surface area (Å²) in [4.78, 5) is 23.5. The van der Waals surface area contributed by atoms with Crippen LogP contribution in [0.2, 0.25) is 0 Å². The molecule has 1 N–H and O–H groups in total. The number of thiophene rings is 1. The third kappa shape index (κ3) is 2.40. The molecule has 0 radical (unpaired) electrons. The lowest BCUT2D eigenvalue weighted by molar-refractivity contribution is 0.0606. The maximum atomic E-state index is 11.4. The van der Waals surface area contributed by atoms with E-state index in [1.165, 1.54) is 7.11 Å². The van der Waals surface area contributed by atoms with Gasteiger partial charge in [-0.25, -0.2) is 4.79 Å². The smallest absolute Gasteiger partial charge is 0.348 e. The molecule has 76 valence electrons. The average Bonchev–Trinajstić information content (AvgIpc) is 2.66. The van der Waals surface area contributed by atoms with Crippen LogP contribution in [0.25, 0.3) is 0 Å². The minimum atomic E-state index is -0.404. The van der Waals surface area contributed by atoms with E-state index in [-0.39, 0.29) is 12.3 Å². The van der Waals surface area contributed by atoms with Crippen molar-refractivity contribution < 1.29 is 14.3 Å². The van der Waals surface area contributed by atoms with Crippen molar-refractivity contribution in [3.63, 3.8) is 0 Å². The van der Waals surface area contributed by atoms with Crippen LogP contribution in [-0.4, -0.2) is 32.5 Å². The third-order valence-electron chi connectivity index (χ3n) is 1.60. The first-order valence-corrected chi connectivity index (χ1v) is 4.86. The predicted molar refractivity (Wildman–Crippen MR) is 53.9 cm³/mol. The van der Waals surface area contributed by atoms with E-state index >= 15 is 0 Å². The van der Waals surface area contributed by atoms with Gasteiger partial charge in [-0.1, -0.05) is 0 Å². The predicted octanol–water partition coefficient (Wildman–Crippen LogP) is 0.937. The third-order valence-corrected chi connectivity index (χ3v) is 2.71. The summed E-state index contributed by atoms with van der Waals surface area (Å²) in [5, 5.41) is 2.76. The summed E-state index contributed by atoms with van der Waals surface area (Å²) in [6.07, 6.45) is 0. The molecule has 0 spiro atoms. The monoisotopic (exact) mass is 213 g/mol. The maximum absolute atomic E-state index is 11.4. The SMILES string of the molecule is CNCC(=O)c1ccc(C(=O)OC)s1. The second-order valence-electron chi connectivity index (χ2n) is 2.61. The quantitative estimate of drug-likeness (QED) is 0.597. The van der Waals surface area contributed by atoms with Crippen LogP contribution in [-0.2, 0) is 4.74 Å². The molecule has 0 saturated heterocycles. The fourth-order valence-electron chi connectivity index (χ4n) is 0.946. The van der Waals surface area contributed by atoms with E-state index in [0.29, 0.717) is 9.75 Å². The van der Waals surface area contributed by atoms with Crippen LogP contribution in [0.15, 0.2) is 12.1 Å². The van der Waals surface area contributed by atoms with Gasteiger partial charge in [0.2, 0.25) is 0 Å². The number of nitrogens with one attached hydrogen (secondary N) is 1. The molecule has 4 nitrogen and oxygen atoms in total. The van der Waals surface area contributed by atoms with Gasteiger partial charge < -0.3 is 10.1 Å².